The van der Waals surface area contributed by atoms with E-state index in [0.717, 1.165) is 9.87 Å². The van der Waals surface area contributed by atoms with Crippen molar-refractivity contribution < 1.29 is 22.7 Å². The van der Waals surface area contributed by atoms with Gasteiger partial charge < -0.3 is 14.8 Å². The normalized spacial score (nSPS) is 11.2. The van der Waals surface area contributed by atoms with Crippen LogP contribution in [0.15, 0.2) is 77.7 Å². The number of amides is 1. The predicted molar refractivity (Wildman–Crippen MR) is 124 cm³/mol. The summed E-state index contributed by atoms with van der Waals surface area (Å²) in [6, 6.07) is 19.8. The summed E-state index contributed by atoms with van der Waals surface area (Å²) in [7, 11) is -0.990. The van der Waals surface area contributed by atoms with Crippen molar-refractivity contribution in [2.45, 2.75) is 11.4 Å². The fourth-order valence-corrected chi connectivity index (χ4v) is 4.54. The van der Waals surface area contributed by atoms with Crippen molar-refractivity contribution in [2.24, 2.45) is 0 Å². The number of nitrogens with zero attached hydrogens (tertiary/aromatic N) is 1. The minimum absolute atomic E-state index is 0.0223. The zero-order valence-electron chi connectivity index (χ0n) is 17.6. The van der Waals surface area contributed by atoms with Crippen LogP contribution in [0.4, 0.5) is 5.69 Å². The van der Waals surface area contributed by atoms with E-state index in [9.17, 15) is 13.2 Å². The monoisotopic (exact) mass is 474 g/mol. The molecule has 0 spiro atoms. The highest BCUT2D eigenvalue weighted by Gasteiger charge is 2.27. The highest BCUT2D eigenvalue weighted by atomic mass is 35.5. The molecule has 7 nitrogen and oxygen atoms in total. The first-order valence-corrected chi connectivity index (χ1v) is 11.5. The van der Waals surface area contributed by atoms with Crippen LogP contribution in [0.3, 0.4) is 0 Å². The highest BCUT2D eigenvalue weighted by molar-refractivity contribution is 7.89. The summed E-state index contributed by atoms with van der Waals surface area (Å²) < 4.78 is 38.2. The zero-order chi connectivity index (χ0) is 23.1. The van der Waals surface area contributed by atoms with E-state index in [4.69, 9.17) is 21.1 Å². The van der Waals surface area contributed by atoms with E-state index in [1.165, 1.54) is 38.5 Å². The molecule has 0 unspecified atom stereocenters. The first-order valence-electron chi connectivity index (χ1n) is 9.65. The van der Waals surface area contributed by atoms with Gasteiger partial charge in [0.25, 0.3) is 0 Å². The van der Waals surface area contributed by atoms with Crippen molar-refractivity contribution in [3.63, 3.8) is 0 Å². The molecule has 3 aromatic carbocycles. The van der Waals surface area contributed by atoms with E-state index in [1.807, 2.05) is 18.2 Å². The molecule has 0 radical (unpaired) electrons. The van der Waals surface area contributed by atoms with Crippen molar-refractivity contribution in [3.8, 4) is 11.5 Å². The van der Waals surface area contributed by atoms with Gasteiger partial charge >= 0.3 is 0 Å². The Morgan fingerprint density at radius 3 is 2.28 bits per heavy atom. The van der Waals surface area contributed by atoms with Crippen LogP contribution in [0.2, 0.25) is 5.02 Å². The van der Waals surface area contributed by atoms with Crippen molar-refractivity contribution in [3.05, 3.63) is 83.4 Å². The van der Waals surface area contributed by atoms with Gasteiger partial charge in [-0.15, -0.1) is 0 Å². The molecule has 3 rings (SSSR count). The van der Waals surface area contributed by atoms with E-state index >= 15 is 0 Å². The van der Waals surface area contributed by atoms with Crippen molar-refractivity contribution in [2.75, 3.05) is 26.1 Å². The Hall–Kier alpha value is -3.07. The molecule has 0 saturated carbocycles. The fraction of sp³-hybridized carbons (Fsp3) is 0.174. The Morgan fingerprint density at radius 1 is 0.969 bits per heavy atom. The number of nitrogens with one attached hydrogen (secondary N) is 1. The number of halogens is 1. The minimum Gasteiger partial charge on any atom is -0.497 e. The van der Waals surface area contributed by atoms with E-state index in [-0.39, 0.29) is 11.4 Å². The molecule has 0 fully saturated rings. The molecule has 0 aromatic heterocycles. The van der Waals surface area contributed by atoms with Gasteiger partial charge in [0, 0.05) is 17.6 Å². The summed E-state index contributed by atoms with van der Waals surface area (Å²) in [5.74, 6) is 0.426. The van der Waals surface area contributed by atoms with Crippen LogP contribution in [0.1, 0.15) is 5.56 Å². The van der Waals surface area contributed by atoms with Gasteiger partial charge in [-0.05, 0) is 42.0 Å². The average Bonchev–Trinajstić information content (AvgIpc) is 2.79. The first kappa shape index (κ1) is 23.6. The fourth-order valence-electron chi connectivity index (χ4n) is 3.03. The van der Waals surface area contributed by atoms with Gasteiger partial charge in [0.05, 0.1) is 31.3 Å². The van der Waals surface area contributed by atoms with Crippen LogP contribution >= 0.6 is 11.6 Å². The smallest absolute Gasteiger partial charge is 0.243 e. The molecule has 3 aromatic rings. The number of hydrogen-bond acceptors (Lipinski definition) is 5. The highest BCUT2D eigenvalue weighted by Crippen LogP contribution is 2.29. The molecule has 9 heteroatoms. The number of methoxy groups -OCH3 is 2. The summed E-state index contributed by atoms with van der Waals surface area (Å²) in [6.45, 7) is -0.380. The van der Waals surface area contributed by atoms with Crippen molar-refractivity contribution in [1.82, 2.24) is 4.31 Å². The lowest BCUT2D eigenvalue weighted by Crippen LogP contribution is -2.37. The Morgan fingerprint density at radius 2 is 1.66 bits per heavy atom. The molecule has 1 amide bonds. The Labute approximate surface area is 192 Å². The summed E-state index contributed by atoms with van der Waals surface area (Å²) in [4.78, 5) is 12.9. The summed E-state index contributed by atoms with van der Waals surface area (Å²) in [5, 5.41) is 3.13. The number of carbonyl (C=O) groups is 1. The Bertz CT molecular complexity index is 1170. The van der Waals surface area contributed by atoms with Gasteiger partial charge in [0.2, 0.25) is 15.9 Å². The molecule has 0 aliphatic rings. The third kappa shape index (κ3) is 5.79. The maximum Gasteiger partial charge on any atom is 0.243 e. The van der Waals surface area contributed by atoms with E-state index in [0.29, 0.717) is 22.2 Å². The van der Waals surface area contributed by atoms with Gasteiger partial charge in [-0.1, -0.05) is 41.9 Å². The molecular formula is C23H23ClN2O5S. The number of rotatable bonds is 9. The molecule has 1 N–H and O–H groups in total. The lowest BCUT2D eigenvalue weighted by atomic mass is 10.2. The van der Waals surface area contributed by atoms with Gasteiger partial charge in [-0.25, -0.2) is 8.42 Å². The van der Waals surface area contributed by atoms with Crippen LogP contribution in [0, 0.1) is 0 Å². The minimum atomic E-state index is -3.97. The largest absolute Gasteiger partial charge is 0.497 e. The first-order chi connectivity index (χ1) is 15.3. The van der Waals surface area contributed by atoms with Gasteiger partial charge in [0.15, 0.2) is 0 Å². The molecule has 32 heavy (non-hydrogen) atoms. The molecule has 168 valence electrons. The summed E-state index contributed by atoms with van der Waals surface area (Å²) in [5.41, 5.74) is 1.12. The lowest BCUT2D eigenvalue weighted by Gasteiger charge is -2.22. The SMILES string of the molecule is COc1ccc(OC)c(NC(=O)CN(Cc2ccccc2)S(=O)(=O)c2ccc(Cl)cc2)c1. The number of sulfonamides is 1. The van der Waals surface area contributed by atoms with Crippen LogP contribution < -0.4 is 14.8 Å². The summed E-state index contributed by atoms with van der Waals surface area (Å²) in [6.07, 6.45) is 0. The Kier molecular flexibility index (Phi) is 7.74. The van der Waals surface area contributed by atoms with Gasteiger partial charge in [0.1, 0.15) is 11.5 Å². The molecule has 0 aliphatic carbocycles. The number of benzene rings is 3. The number of carbonyl (C=O) groups excluding carboxylic acids is 1. The van der Waals surface area contributed by atoms with Crippen LogP contribution in [0.5, 0.6) is 11.5 Å². The van der Waals surface area contributed by atoms with Gasteiger partial charge in [-0.3, -0.25) is 4.79 Å². The predicted octanol–water partition coefficient (Wildman–Crippen LogP) is 4.19. The third-order valence-electron chi connectivity index (χ3n) is 4.65. The number of ether oxygens (including phenoxy) is 2. The standard InChI is InChI=1S/C23H23ClN2O5S/c1-30-19-10-13-22(31-2)21(14-19)25-23(27)16-26(15-17-6-4-3-5-7-17)32(28,29)20-11-8-18(24)9-12-20/h3-14H,15-16H2,1-2H3,(H,25,27). The van der Waals surface area contributed by atoms with E-state index in [1.54, 1.807) is 30.3 Å². The third-order valence-corrected chi connectivity index (χ3v) is 6.71. The second kappa shape index (κ2) is 10.5. The van der Waals surface area contributed by atoms with E-state index < -0.39 is 22.5 Å². The maximum atomic E-state index is 13.3. The molecule has 0 saturated heterocycles. The maximum absolute atomic E-state index is 13.3. The van der Waals surface area contributed by atoms with E-state index in [2.05, 4.69) is 5.32 Å². The molecular weight excluding hydrogens is 452 g/mol. The quantitative estimate of drug-likeness (QED) is 0.502. The number of hydrogen-bond donors (Lipinski definition) is 1. The summed E-state index contributed by atoms with van der Waals surface area (Å²) >= 11 is 5.90. The van der Waals surface area contributed by atoms with Crippen LogP contribution in [-0.2, 0) is 21.4 Å². The second-order valence-corrected chi connectivity index (χ2v) is 9.20. The topological polar surface area (TPSA) is 84.9 Å². The average molecular weight is 475 g/mol. The zero-order valence-corrected chi connectivity index (χ0v) is 19.2. The van der Waals surface area contributed by atoms with Crippen LogP contribution in [-0.4, -0.2) is 39.4 Å². The molecule has 0 atom stereocenters. The second-order valence-electron chi connectivity index (χ2n) is 6.83. The molecule has 0 heterocycles. The lowest BCUT2D eigenvalue weighted by molar-refractivity contribution is -0.116. The van der Waals surface area contributed by atoms with Crippen molar-refractivity contribution >= 4 is 33.2 Å². The number of anilines is 1. The van der Waals surface area contributed by atoms with Crippen molar-refractivity contribution in [1.29, 1.82) is 0 Å². The molecule has 0 bridgehead atoms. The van der Waals surface area contributed by atoms with Gasteiger partial charge in [-0.2, -0.15) is 4.31 Å². The van der Waals surface area contributed by atoms with Crippen LogP contribution in [0.25, 0.3) is 0 Å². The Balaban J connectivity index is 1.89. The molecule has 0 aliphatic heterocycles.